The monoisotopic (exact) mass is 242 g/mol. The Hall–Kier alpha value is -0.220. The van der Waals surface area contributed by atoms with Crippen LogP contribution in [0, 0.1) is 11.8 Å². The summed E-state index contributed by atoms with van der Waals surface area (Å²) in [6, 6.07) is 0.424. The SMILES string of the molecule is NCC1CCCC1C(=O)NC1CCSCC1. The first-order valence-electron chi connectivity index (χ1n) is 6.39. The quantitative estimate of drug-likeness (QED) is 0.786. The summed E-state index contributed by atoms with van der Waals surface area (Å²) >= 11 is 1.99. The summed E-state index contributed by atoms with van der Waals surface area (Å²) < 4.78 is 0. The summed E-state index contributed by atoms with van der Waals surface area (Å²) in [5.41, 5.74) is 5.71. The lowest BCUT2D eigenvalue weighted by atomic mass is 9.95. The van der Waals surface area contributed by atoms with Gasteiger partial charge < -0.3 is 11.1 Å². The first-order valence-corrected chi connectivity index (χ1v) is 7.55. The van der Waals surface area contributed by atoms with E-state index in [1.54, 1.807) is 0 Å². The predicted octanol–water partition coefficient (Wildman–Crippen LogP) is 1.37. The fraction of sp³-hybridized carbons (Fsp3) is 0.917. The van der Waals surface area contributed by atoms with E-state index in [9.17, 15) is 4.79 Å². The van der Waals surface area contributed by atoms with E-state index in [0.29, 0.717) is 18.5 Å². The third kappa shape index (κ3) is 2.92. The van der Waals surface area contributed by atoms with Gasteiger partial charge >= 0.3 is 0 Å². The van der Waals surface area contributed by atoms with Gasteiger partial charge in [0.2, 0.25) is 5.91 Å². The van der Waals surface area contributed by atoms with Crippen molar-refractivity contribution in [2.75, 3.05) is 18.1 Å². The van der Waals surface area contributed by atoms with Gasteiger partial charge in [-0.2, -0.15) is 11.8 Å². The van der Waals surface area contributed by atoms with Gasteiger partial charge in [0, 0.05) is 12.0 Å². The third-order valence-corrected chi connectivity index (χ3v) is 4.92. The number of nitrogens with one attached hydrogen (secondary N) is 1. The second kappa shape index (κ2) is 5.92. The molecule has 0 spiro atoms. The molecule has 0 aromatic heterocycles. The van der Waals surface area contributed by atoms with Crippen LogP contribution in [0.15, 0.2) is 0 Å². The summed E-state index contributed by atoms with van der Waals surface area (Å²) in [5, 5.41) is 3.22. The van der Waals surface area contributed by atoms with Crippen molar-refractivity contribution in [3.8, 4) is 0 Å². The van der Waals surface area contributed by atoms with Gasteiger partial charge in [-0.1, -0.05) is 6.42 Å². The molecule has 16 heavy (non-hydrogen) atoms. The average Bonchev–Trinajstić information content (AvgIpc) is 2.78. The largest absolute Gasteiger partial charge is 0.353 e. The molecule has 0 radical (unpaired) electrons. The second-order valence-corrected chi connectivity index (χ2v) is 6.15. The van der Waals surface area contributed by atoms with Gasteiger partial charge in [-0.25, -0.2) is 0 Å². The fourth-order valence-electron chi connectivity index (χ4n) is 2.81. The van der Waals surface area contributed by atoms with E-state index in [1.165, 1.54) is 17.9 Å². The molecule has 1 heterocycles. The Morgan fingerprint density at radius 3 is 2.69 bits per heavy atom. The van der Waals surface area contributed by atoms with Gasteiger partial charge in [0.1, 0.15) is 0 Å². The van der Waals surface area contributed by atoms with Crippen LogP contribution >= 0.6 is 11.8 Å². The van der Waals surface area contributed by atoms with Crippen molar-refractivity contribution in [1.82, 2.24) is 5.32 Å². The molecule has 4 heteroatoms. The van der Waals surface area contributed by atoms with Crippen molar-refractivity contribution in [2.24, 2.45) is 17.6 Å². The van der Waals surface area contributed by atoms with E-state index >= 15 is 0 Å². The zero-order valence-electron chi connectivity index (χ0n) is 9.78. The molecule has 1 aliphatic heterocycles. The number of hydrogen-bond acceptors (Lipinski definition) is 3. The molecular formula is C12H22N2OS. The van der Waals surface area contributed by atoms with Gasteiger partial charge in [0.05, 0.1) is 0 Å². The molecule has 1 amide bonds. The standard InChI is InChI=1S/C12H22N2OS/c13-8-9-2-1-3-11(9)12(15)14-10-4-6-16-7-5-10/h9-11H,1-8,13H2,(H,14,15). The van der Waals surface area contributed by atoms with Crippen molar-refractivity contribution >= 4 is 17.7 Å². The van der Waals surface area contributed by atoms with E-state index < -0.39 is 0 Å². The van der Waals surface area contributed by atoms with Crippen LogP contribution in [0.25, 0.3) is 0 Å². The number of hydrogen-bond donors (Lipinski definition) is 2. The molecule has 3 N–H and O–H groups in total. The van der Waals surface area contributed by atoms with E-state index in [0.717, 1.165) is 25.7 Å². The van der Waals surface area contributed by atoms with Crippen molar-refractivity contribution in [3.63, 3.8) is 0 Å². The van der Waals surface area contributed by atoms with Crippen molar-refractivity contribution in [2.45, 2.75) is 38.1 Å². The number of amides is 1. The number of nitrogens with two attached hydrogens (primary N) is 1. The maximum atomic E-state index is 12.1. The van der Waals surface area contributed by atoms with Crippen LogP contribution in [0.4, 0.5) is 0 Å². The van der Waals surface area contributed by atoms with Crippen LogP contribution in [-0.2, 0) is 4.79 Å². The van der Waals surface area contributed by atoms with E-state index in [-0.39, 0.29) is 11.8 Å². The third-order valence-electron chi connectivity index (χ3n) is 3.87. The minimum absolute atomic E-state index is 0.194. The lowest BCUT2D eigenvalue weighted by Crippen LogP contribution is -2.42. The molecule has 0 bridgehead atoms. The van der Waals surface area contributed by atoms with Crippen LogP contribution < -0.4 is 11.1 Å². The molecule has 2 fully saturated rings. The average molecular weight is 242 g/mol. The summed E-state index contributed by atoms with van der Waals surface area (Å²) in [6.07, 6.45) is 5.61. The number of carbonyl (C=O) groups excluding carboxylic acids is 1. The number of rotatable bonds is 3. The normalized spacial score (nSPS) is 31.6. The summed E-state index contributed by atoms with van der Waals surface area (Å²) in [7, 11) is 0. The second-order valence-electron chi connectivity index (χ2n) is 4.93. The highest BCUT2D eigenvalue weighted by atomic mass is 32.2. The minimum Gasteiger partial charge on any atom is -0.353 e. The lowest BCUT2D eigenvalue weighted by molar-refractivity contribution is -0.126. The van der Waals surface area contributed by atoms with Gasteiger partial charge in [-0.15, -0.1) is 0 Å². The summed E-state index contributed by atoms with van der Waals surface area (Å²) in [4.78, 5) is 12.1. The Kier molecular flexibility index (Phi) is 4.53. The Labute approximate surface area is 102 Å². The maximum absolute atomic E-state index is 12.1. The molecule has 92 valence electrons. The Balaban J connectivity index is 1.82. The van der Waals surface area contributed by atoms with Crippen molar-refractivity contribution in [1.29, 1.82) is 0 Å². The molecule has 3 nitrogen and oxygen atoms in total. The van der Waals surface area contributed by atoms with Crippen LogP contribution in [0.2, 0.25) is 0 Å². The topological polar surface area (TPSA) is 55.1 Å². The number of thioether (sulfide) groups is 1. The Morgan fingerprint density at radius 1 is 1.25 bits per heavy atom. The van der Waals surface area contributed by atoms with Crippen LogP contribution in [0.5, 0.6) is 0 Å². The molecule has 1 saturated heterocycles. The molecule has 1 saturated carbocycles. The fourth-order valence-corrected chi connectivity index (χ4v) is 3.92. The van der Waals surface area contributed by atoms with Gasteiger partial charge in [0.25, 0.3) is 0 Å². The van der Waals surface area contributed by atoms with Gasteiger partial charge in [-0.05, 0) is 49.7 Å². The summed E-state index contributed by atoms with van der Waals surface area (Å²) in [6.45, 7) is 0.665. The highest BCUT2D eigenvalue weighted by molar-refractivity contribution is 7.99. The van der Waals surface area contributed by atoms with Crippen molar-refractivity contribution < 1.29 is 4.79 Å². The predicted molar refractivity (Wildman–Crippen MR) is 68.4 cm³/mol. The highest BCUT2D eigenvalue weighted by Crippen LogP contribution is 2.31. The maximum Gasteiger partial charge on any atom is 0.223 e. The first-order chi connectivity index (χ1) is 7.81. The lowest BCUT2D eigenvalue weighted by Gasteiger charge is -2.25. The van der Waals surface area contributed by atoms with E-state index in [2.05, 4.69) is 5.32 Å². The molecule has 2 unspecified atom stereocenters. The summed E-state index contributed by atoms with van der Waals surface area (Å²) in [5.74, 6) is 3.27. The molecular weight excluding hydrogens is 220 g/mol. The molecule has 2 aliphatic rings. The smallest absolute Gasteiger partial charge is 0.223 e. The molecule has 1 aliphatic carbocycles. The molecule has 0 aromatic rings. The van der Waals surface area contributed by atoms with Crippen molar-refractivity contribution in [3.05, 3.63) is 0 Å². The Bertz CT molecular complexity index is 241. The van der Waals surface area contributed by atoms with Crippen LogP contribution in [0.1, 0.15) is 32.1 Å². The zero-order valence-corrected chi connectivity index (χ0v) is 10.6. The first kappa shape index (κ1) is 12.2. The zero-order chi connectivity index (χ0) is 11.4. The van der Waals surface area contributed by atoms with Gasteiger partial charge in [0.15, 0.2) is 0 Å². The van der Waals surface area contributed by atoms with E-state index in [1.807, 2.05) is 11.8 Å². The Morgan fingerprint density at radius 2 is 2.00 bits per heavy atom. The van der Waals surface area contributed by atoms with Gasteiger partial charge in [-0.3, -0.25) is 4.79 Å². The van der Waals surface area contributed by atoms with E-state index in [4.69, 9.17) is 5.73 Å². The molecule has 2 atom stereocenters. The number of carbonyl (C=O) groups is 1. The molecule has 0 aromatic carbocycles. The van der Waals surface area contributed by atoms with Crippen LogP contribution in [0.3, 0.4) is 0 Å². The minimum atomic E-state index is 0.194. The highest BCUT2D eigenvalue weighted by Gasteiger charge is 2.32. The van der Waals surface area contributed by atoms with Crippen LogP contribution in [-0.4, -0.2) is 30.0 Å². The molecule has 2 rings (SSSR count).